The first-order valence-corrected chi connectivity index (χ1v) is 7.13. The molecule has 0 aliphatic carbocycles. The summed E-state index contributed by atoms with van der Waals surface area (Å²) in [6.45, 7) is 2.02. The van der Waals surface area contributed by atoms with Gasteiger partial charge >= 0.3 is 0 Å². The zero-order valence-corrected chi connectivity index (χ0v) is 12.8. The Balaban J connectivity index is 0.00000147. The number of rotatable bonds is 3. The lowest BCUT2D eigenvalue weighted by molar-refractivity contribution is 0.0822. The molecule has 1 aliphatic heterocycles. The summed E-state index contributed by atoms with van der Waals surface area (Å²) in [5.74, 6) is 0.942. The van der Waals surface area contributed by atoms with Gasteiger partial charge in [0.15, 0.2) is 0 Å². The van der Waals surface area contributed by atoms with Gasteiger partial charge in [-0.3, -0.25) is 4.90 Å². The van der Waals surface area contributed by atoms with E-state index in [1.807, 2.05) is 18.2 Å². The number of likely N-dealkylation sites (tertiary alicyclic amines) is 1. The minimum Gasteiger partial charge on any atom is -0.395 e. The zero-order valence-electron chi connectivity index (χ0n) is 11.2. The Labute approximate surface area is 129 Å². The monoisotopic (exact) mass is 315 g/mol. The third-order valence-corrected chi connectivity index (χ3v) is 4.04. The molecule has 0 radical (unpaired) electrons. The largest absolute Gasteiger partial charge is 0.395 e. The number of aliphatic hydroxyl groups excluding tert-OH is 1. The third kappa shape index (κ3) is 3.26. The Morgan fingerprint density at radius 1 is 1.40 bits per heavy atom. The first kappa shape index (κ1) is 15.6. The second-order valence-electron chi connectivity index (χ2n) is 5.15. The van der Waals surface area contributed by atoms with E-state index in [1.54, 1.807) is 0 Å². The molecule has 4 nitrogen and oxygen atoms in total. The summed E-state index contributed by atoms with van der Waals surface area (Å²) in [5.41, 5.74) is 1.91. The van der Waals surface area contributed by atoms with Crippen LogP contribution in [0, 0.1) is 0 Å². The summed E-state index contributed by atoms with van der Waals surface area (Å²) in [4.78, 5) is 10.2. The van der Waals surface area contributed by atoms with Gasteiger partial charge in [0.25, 0.3) is 0 Å². The molecule has 6 heteroatoms. The van der Waals surface area contributed by atoms with Crippen LogP contribution in [0.3, 0.4) is 0 Å². The summed E-state index contributed by atoms with van der Waals surface area (Å²) in [6, 6.07) is 5.95. The van der Waals surface area contributed by atoms with Crippen molar-refractivity contribution >= 4 is 35.0 Å². The van der Waals surface area contributed by atoms with Crippen molar-refractivity contribution in [3.63, 3.8) is 0 Å². The van der Waals surface area contributed by atoms with E-state index in [0.717, 1.165) is 36.4 Å². The van der Waals surface area contributed by atoms with Crippen molar-refractivity contribution in [2.45, 2.75) is 31.8 Å². The quantitative estimate of drug-likeness (QED) is 0.915. The molecule has 1 unspecified atom stereocenters. The predicted molar refractivity (Wildman–Crippen MR) is 83.5 cm³/mol. The average molecular weight is 316 g/mol. The van der Waals surface area contributed by atoms with E-state index >= 15 is 0 Å². The lowest BCUT2D eigenvalue weighted by atomic mass is 10.0. The number of H-pyrrole nitrogens is 1. The van der Waals surface area contributed by atoms with E-state index in [9.17, 15) is 5.11 Å². The smallest absolute Gasteiger partial charge is 0.121 e. The number of nitrogens with zero attached hydrogens (tertiary/aromatic N) is 2. The third-order valence-electron chi connectivity index (χ3n) is 3.81. The highest BCUT2D eigenvalue weighted by Gasteiger charge is 2.22. The van der Waals surface area contributed by atoms with Crippen LogP contribution in [0.1, 0.15) is 25.1 Å². The topological polar surface area (TPSA) is 52.1 Å². The zero-order chi connectivity index (χ0) is 13.2. The minimum atomic E-state index is 0. The Morgan fingerprint density at radius 2 is 2.25 bits per heavy atom. The number of benzene rings is 1. The fraction of sp³-hybridized carbons (Fsp3) is 0.500. The van der Waals surface area contributed by atoms with E-state index in [4.69, 9.17) is 11.6 Å². The highest BCUT2D eigenvalue weighted by atomic mass is 35.5. The molecule has 2 aromatic rings. The summed E-state index contributed by atoms with van der Waals surface area (Å²) >= 11 is 5.97. The minimum absolute atomic E-state index is 0. The van der Waals surface area contributed by atoms with Crippen LogP contribution in [0.25, 0.3) is 11.0 Å². The predicted octanol–water partition coefficient (Wildman–Crippen LogP) is 2.98. The fourth-order valence-electron chi connectivity index (χ4n) is 2.78. The van der Waals surface area contributed by atoms with Crippen molar-refractivity contribution in [2.75, 3.05) is 13.2 Å². The van der Waals surface area contributed by atoms with Crippen LogP contribution in [-0.4, -0.2) is 39.2 Å². The summed E-state index contributed by atoms with van der Waals surface area (Å²) in [7, 11) is 0. The van der Waals surface area contributed by atoms with Gasteiger partial charge in [-0.1, -0.05) is 18.0 Å². The SMILES string of the molecule is Cl.OCC1CCCCN1Cc1nc2ccc(Cl)cc2[nH]1. The van der Waals surface area contributed by atoms with Crippen molar-refractivity contribution in [1.82, 2.24) is 14.9 Å². The molecule has 1 aromatic carbocycles. The van der Waals surface area contributed by atoms with Crippen LogP contribution < -0.4 is 0 Å². The van der Waals surface area contributed by atoms with Crippen molar-refractivity contribution in [2.24, 2.45) is 0 Å². The molecule has 1 aliphatic rings. The highest BCUT2D eigenvalue weighted by molar-refractivity contribution is 6.31. The number of piperidine rings is 1. The Hall–Kier alpha value is -0.810. The molecule has 1 aromatic heterocycles. The lowest BCUT2D eigenvalue weighted by Crippen LogP contribution is -2.41. The number of fused-ring (bicyclic) bond motifs is 1. The number of hydrogen-bond acceptors (Lipinski definition) is 3. The molecule has 0 spiro atoms. The Bertz CT molecular complexity index is 573. The molecule has 0 amide bonds. The molecule has 1 fully saturated rings. The molecule has 2 N–H and O–H groups in total. The van der Waals surface area contributed by atoms with E-state index in [1.165, 1.54) is 12.8 Å². The van der Waals surface area contributed by atoms with E-state index in [0.29, 0.717) is 5.02 Å². The average Bonchev–Trinajstić information content (AvgIpc) is 2.80. The number of nitrogens with one attached hydrogen (secondary N) is 1. The molecule has 1 saturated heterocycles. The van der Waals surface area contributed by atoms with Gasteiger partial charge in [-0.25, -0.2) is 4.98 Å². The number of aliphatic hydroxyl groups is 1. The van der Waals surface area contributed by atoms with Crippen LogP contribution in [0.2, 0.25) is 5.02 Å². The van der Waals surface area contributed by atoms with Crippen LogP contribution in [0.4, 0.5) is 0 Å². The maximum atomic E-state index is 9.43. The van der Waals surface area contributed by atoms with Gasteiger partial charge in [0.1, 0.15) is 5.82 Å². The number of halogens is 2. The molecule has 2 heterocycles. The summed E-state index contributed by atoms with van der Waals surface area (Å²) in [5, 5.41) is 10.1. The fourth-order valence-corrected chi connectivity index (χ4v) is 2.95. The Kier molecular flexibility index (Phi) is 5.27. The van der Waals surface area contributed by atoms with Crippen molar-refractivity contribution in [3.8, 4) is 0 Å². The van der Waals surface area contributed by atoms with E-state index < -0.39 is 0 Å². The molecule has 1 atom stereocenters. The summed E-state index contributed by atoms with van der Waals surface area (Å²) < 4.78 is 0. The van der Waals surface area contributed by atoms with Crippen LogP contribution in [0.15, 0.2) is 18.2 Å². The van der Waals surface area contributed by atoms with Crippen molar-refractivity contribution in [3.05, 3.63) is 29.0 Å². The van der Waals surface area contributed by atoms with Gasteiger partial charge in [0.2, 0.25) is 0 Å². The maximum Gasteiger partial charge on any atom is 0.121 e. The van der Waals surface area contributed by atoms with Crippen LogP contribution in [-0.2, 0) is 6.54 Å². The first-order valence-electron chi connectivity index (χ1n) is 6.75. The van der Waals surface area contributed by atoms with Gasteiger partial charge in [-0.15, -0.1) is 12.4 Å². The van der Waals surface area contributed by atoms with Crippen LogP contribution in [0.5, 0.6) is 0 Å². The second-order valence-corrected chi connectivity index (χ2v) is 5.58. The van der Waals surface area contributed by atoms with Crippen LogP contribution >= 0.6 is 24.0 Å². The highest BCUT2D eigenvalue weighted by Crippen LogP contribution is 2.21. The van der Waals surface area contributed by atoms with Gasteiger partial charge in [-0.2, -0.15) is 0 Å². The summed E-state index contributed by atoms with van der Waals surface area (Å²) in [6.07, 6.45) is 3.47. The first-order chi connectivity index (χ1) is 9.26. The molecular weight excluding hydrogens is 297 g/mol. The molecule has 110 valence electrons. The second kappa shape index (κ2) is 6.76. The normalized spacial score (nSPS) is 20.0. The number of imidazole rings is 1. The lowest BCUT2D eigenvalue weighted by Gasteiger charge is -2.33. The number of aromatic amines is 1. The maximum absolute atomic E-state index is 9.43. The molecular formula is C14H19Cl2N3O. The van der Waals surface area contributed by atoms with E-state index in [2.05, 4.69) is 14.9 Å². The molecule has 20 heavy (non-hydrogen) atoms. The van der Waals surface area contributed by atoms with Gasteiger partial charge in [0, 0.05) is 11.1 Å². The molecule has 0 saturated carbocycles. The molecule has 0 bridgehead atoms. The van der Waals surface area contributed by atoms with Crippen molar-refractivity contribution < 1.29 is 5.11 Å². The number of aromatic nitrogens is 2. The van der Waals surface area contributed by atoms with Gasteiger partial charge in [0.05, 0.1) is 24.2 Å². The van der Waals surface area contributed by atoms with Crippen molar-refractivity contribution in [1.29, 1.82) is 0 Å². The van der Waals surface area contributed by atoms with Gasteiger partial charge in [-0.05, 0) is 37.6 Å². The van der Waals surface area contributed by atoms with E-state index in [-0.39, 0.29) is 25.1 Å². The number of hydrogen-bond donors (Lipinski definition) is 2. The Morgan fingerprint density at radius 3 is 3.05 bits per heavy atom. The van der Waals surface area contributed by atoms with Gasteiger partial charge < -0.3 is 10.1 Å². The standard InChI is InChI=1S/C14H18ClN3O.ClH/c15-10-4-5-12-13(7-10)17-14(16-12)8-18-6-2-1-3-11(18)9-19;/h4-5,7,11,19H,1-3,6,8-9H2,(H,16,17);1H. The molecule has 3 rings (SSSR count).